The molecule has 82 valence electrons. The lowest BCUT2D eigenvalue weighted by Crippen LogP contribution is -1.94. The normalized spacial score (nSPS) is 15.4. The van der Waals surface area contributed by atoms with Crippen molar-refractivity contribution in [2.45, 2.75) is 18.8 Å². The van der Waals surface area contributed by atoms with Crippen LogP contribution in [0.4, 0.5) is 0 Å². The molecule has 2 aromatic rings. The van der Waals surface area contributed by atoms with Gasteiger partial charge in [-0.05, 0) is 46.3 Å². The van der Waals surface area contributed by atoms with E-state index in [1.807, 2.05) is 17.5 Å². The van der Waals surface area contributed by atoms with Crippen molar-refractivity contribution in [3.8, 4) is 10.6 Å². The van der Waals surface area contributed by atoms with E-state index in [9.17, 15) is 0 Å². The van der Waals surface area contributed by atoms with Crippen molar-refractivity contribution >= 4 is 38.9 Å². The van der Waals surface area contributed by atoms with Crippen LogP contribution in [-0.4, -0.2) is 9.97 Å². The second kappa shape index (κ2) is 4.09. The van der Waals surface area contributed by atoms with E-state index < -0.39 is 0 Å². The highest BCUT2D eigenvalue weighted by Gasteiger charge is 2.27. The third kappa shape index (κ3) is 2.01. The summed E-state index contributed by atoms with van der Waals surface area (Å²) in [5.41, 5.74) is 0.920. The number of halogens is 2. The van der Waals surface area contributed by atoms with Crippen molar-refractivity contribution in [3.63, 3.8) is 0 Å². The van der Waals surface area contributed by atoms with Gasteiger partial charge >= 0.3 is 0 Å². The van der Waals surface area contributed by atoms with E-state index in [0.29, 0.717) is 5.92 Å². The molecule has 0 N–H and O–H groups in total. The first-order chi connectivity index (χ1) is 7.74. The number of nitrogens with zero attached hydrogens (tertiary/aromatic N) is 2. The summed E-state index contributed by atoms with van der Waals surface area (Å²) in [6, 6.07) is 3.82. The maximum absolute atomic E-state index is 6.11. The molecule has 5 heteroatoms. The van der Waals surface area contributed by atoms with Crippen LogP contribution in [0.3, 0.4) is 0 Å². The molecule has 16 heavy (non-hydrogen) atoms. The van der Waals surface area contributed by atoms with E-state index in [4.69, 9.17) is 11.6 Å². The van der Waals surface area contributed by atoms with Crippen molar-refractivity contribution in [2.24, 2.45) is 0 Å². The molecule has 1 aliphatic rings. The minimum atomic E-state index is 0.551. The highest BCUT2D eigenvalue weighted by molar-refractivity contribution is 9.10. The van der Waals surface area contributed by atoms with Gasteiger partial charge in [0.05, 0.1) is 15.6 Å². The van der Waals surface area contributed by atoms with Crippen molar-refractivity contribution in [1.29, 1.82) is 0 Å². The average molecular weight is 316 g/mol. The smallest absolute Gasteiger partial charge is 0.133 e. The predicted octanol–water partition coefficient (Wildman–Crippen LogP) is 4.50. The van der Waals surface area contributed by atoms with Crippen LogP contribution >= 0.6 is 38.9 Å². The molecule has 1 saturated carbocycles. The van der Waals surface area contributed by atoms with Gasteiger partial charge in [-0.2, -0.15) is 0 Å². The molecule has 1 fully saturated rings. The van der Waals surface area contributed by atoms with Gasteiger partial charge < -0.3 is 0 Å². The fourth-order valence-electron chi connectivity index (χ4n) is 1.55. The van der Waals surface area contributed by atoms with Crippen LogP contribution in [0, 0.1) is 0 Å². The highest BCUT2D eigenvalue weighted by Crippen LogP contribution is 2.40. The number of thiophene rings is 1. The SMILES string of the molecule is Clc1ccsc1-c1cc(Br)nc(C2CC2)n1. The first-order valence-electron chi connectivity index (χ1n) is 5.02. The molecular weight excluding hydrogens is 308 g/mol. The number of hydrogen-bond acceptors (Lipinski definition) is 3. The van der Waals surface area contributed by atoms with E-state index >= 15 is 0 Å². The summed E-state index contributed by atoms with van der Waals surface area (Å²) >= 11 is 11.1. The Morgan fingerprint density at radius 3 is 2.81 bits per heavy atom. The summed E-state index contributed by atoms with van der Waals surface area (Å²) in [6.07, 6.45) is 2.40. The summed E-state index contributed by atoms with van der Waals surface area (Å²) in [5, 5.41) is 2.74. The maximum Gasteiger partial charge on any atom is 0.133 e. The standard InChI is InChI=1S/C11H8BrClN2S/c12-9-5-8(10-7(13)3-4-16-10)14-11(15-9)6-1-2-6/h3-6H,1-2H2. The van der Waals surface area contributed by atoms with Gasteiger partial charge in [-0.1, -0.05) is 11.6 Å². The fraction of sp³-hybridized carbons (Fsp3) is 0.273. The van der Waals surface area contributed by atoms with E-state index in [0.717, 1.165) is 26.0 Å². The van der Waals surface area contributed by atoms with Gasteiger partial charge in [-0.15, -0.1) is 11.3 Å². The third-order valence-corrected chi connectivity index (χ3v) is 4.27. The van der Waals surface area contributed by atoms with Gasteiger partial charge in [0.2, 0.25) is 0 Å². The van der Waals surface area contributed by atoms with Crippen LogP contribution in [0.1, 0.15) is 24.6 Å². The second-order valence-corrected chi connectivity index (χ2v) is 5.94. The molecule has 2 heterocycles. The lowest BCUT2D eigenvalue weighted by atomic mass is 10.3. The highest BCUT2D eigenvalue weighted by atomic mass is 79.9. The Balaban J connectivity index is 2.10. The van der Waals surface area contributed by atoms with Crippen LogP contribution in [0.15, 0.2) is 22.1 Å². The Morgan fingerprint density at radius 2 is 2.19 bits per heavy atom. The molecule has 3 rings (SSSR count). The predicted molar refractivity (Wildman–Crippen MR) is 70.0 cm³/mol. The average Bonchev–Trinajstić information content (AvgIpc) is 3.01. The molecule has 2 nitrogen and oxygen atoms in total. The topological polar surface area (TPSA) is 25.8 Å². The first-order valence-corrected chi connectivity index (χ1v) is 7.07. The van der Waals surface area contributed by atoms with Gasteiger partial charge in [-0.3, -0.25) is 0 Å². The number of rotatable bonds is 2. The summed E-state index contributed by atoms with van der Waals surface area (Å²) < 4.78 is 0.837. The van der Waals surface area contributed by atoms with Crippen molar-refractivity contribution in [2.75, 3.05) is 0 Å². The minimum absolute atomic E-state index is 0.551. The zero-order valence-electron chi connectivity index (χ0n) is 8.28. The van der Waals surface area contributed by atoms with Crippen LogP contribution in [0.25, 0.3) is 10.6 Å². The number of hydrogen-bond donors (Lipinski definition) is 0. The summed E-state index contributed by atoms with van der Waals surface area (Å²) in [7, 11) is 0. The molecule has 0 unspecified atom stereocenters. The largest absolute Gasteiger partial charge is 0.232 e. The molecule has 0 bridgehead atoms. The monoisotopic (exact) mass is 314 g/mol. The van der Waals surface area contributed by atoms with Gasteiger partial charge in [0.1, 0.15) is 10.4 Å². The van der Waals surface area contributed by atoms with Crippen molar-refractivity contribution < 1.29 is 0 Å². The Labute approximate surface area is 111 Å². The molecule has 2 aromatic heterocycles. The Morgan fingerprint density at radius 1 is 1.38 bits per heavy atom. The molecule has 0 aliphatic heterocycles. The molecule has 0 atom stereocenters. The van der Waals surface area contributed by atoms with Crippen molar-refractivity contribution in [3.05, 3.63) is 33.0 Å². The van der Waals surface area contributed by atoms with Crippen LogP contribution in [0.5, 0.6) is 0 Å². The van der Waals surface area contributed by atoms with Crippen molar-refractivity contribution in [1.82, 2.24) is 9.97 Å². The Hall–Kier alpha value is -0.450. The number of aromatic nitrogens is 2. The lowest BCUT2D eigenvalue weighted by Gasteiger charge is -2.03. The minimum Gasteiger partial charge on any atom is -0.232 e. The third-order valence-electron chi connectivity index (χ3n) is 2.50. The van der Waals surface area contributed by atoms with Gasteiger partial charge in [-0.25, -0.2) is 9.97 Å². The van der Waals surface area contributed by atoms with E-state index in [2.05, 4.69) is 25.9 Å². The molecule has 0 radical (unpaired) electrons. The summed E-state index contributed by atoms with van der Waals surface area (Å²) in [5.74, 6) is 1.49. The Kier molecular flexibility index (Phi) is 2.73. The lowest BCUT2D eigenvalue weighted by molar-refractivity contribution is 0.920. The molecule has 0 saturated heterocycles. The summed E-state index contributed by atoms with van der Waals surface area (Å²) in [6.45, 7) is 0. The van der Waals surface area contributed by atoms with Crippen LogP contribution in [-0.2, 0) is 0 Å². The van der Waals surface area contributed by atoms with Crippen LogP contribution < -0.4 is 0 Å². The van der Waals surface area contributed by atoms with Crippen LogP contribution in [0.2, 0.25) is 5.02 Å². The molecule has 0 amide bonds. The zero-order valence-corrected chi connectivity index (χ0v) is 11.4. The quantitative estimate of drug-likeness (QED) is 0.763. The van der Waals surface area contributed by atoms with Gasteiger partial charge in [0, 0.05) is 5.92 Å². The molecule has 0 spiro atoms. The molecule has 0 aromatic carbocycles. The van der Waals surface area contributed by atoms with E-state index in [-0.39, 0.29) is 0 Å². The maximum atomic E-state index is 6.11. The van der Waals surface area contributed by atoms with Gasteiger partial charge in [0.15, 0.2) is 0 Å². The fourth-order valence-corrected chi connectivity index (χ4v) is 3.06. The van der Waals surface area contributed by atoms with Gasteiger partial charge in [0.25, 0.3) is 0 Å². The second-order valence-electron chi connectivity index (χ2n) is 3.81. The molecular formula is C11H8BrClN2S. The molecule has 1 aliphatic carbocycles. The first kappa shape index (κ1) is 10.7. The summed E-state index contributed by atoms with van der Waals surface area (Å²) in [4.78, 5) is 10.0. The zero-order chi connectivity index (χ0) is 11.1. The van der Waals surface area contributed by atoms with E-state index in [1.165, 1.54) is 12.8 Å². The Bertz CT molecular complexity index is 537. The van der Waals surface area contributed by atoms with E-state index in [1.54, 1.807) is 11.3 Å².